The molecule has 2 aromatic heterocycles. The highest BCUT2D eigenvalue weighted by Gasteiger charge is 2.33. The maximum atomic E-state index is 5.93. The highest BCUT2D eigenvalue weighted by atomic mass is 16.3. The lowest BCUT2D eigenvalue weighted by Crippen LogP contribution is -2.39. The Labute approximate surface area is 106 Å². The minimum atomic E-state index is 0.485. The minimum Gasteiger partial charge on any atom is -0.455 e. The topological polar surface area (TPSA) is 38.1 Å². The number of pyridine rings is 1. The summed E-state index contributed by atoms with van der Waals surface area (Å²) in [6.07, 6.45) is 7.95. The first-order valence-electron chi connectivity index (χ1n) is 6.70. The minimum absolute atomic E-state index is 0.485. The first-order chi connectivity index (χ1) is 8.92. The van der Waals surface area contributed by atoms with Gasteiger partial charge in [0.05, 0.1) is 0 Å². The molecule has 2 aliphatic rings. The molecule has 4 rings (SSSR count). The molecule has 0 saturated carbocycles. The van der Waals surface area contributed by atoms with Gasteiger partial charge in [-0.05, 0) is 43.9 Å². The third-order valence-electron chi connectivity index (χ3n) is 4.13. The van der Waals surface area contributed by atoms with E-state index in [-0.39, 0.29) is 0 Å². The van der Waals surface area contributed by atoms with Gasteiger partial charge in [0.15, 0.2) is 5.58 Å². The van der Waals surface area contributed by atoms with Gasteiger partial charge < -0.3 is 9.73 Å². The highest BCUT2D eigenvalue weighted by Crippen LogP contribution is 2.38. The van der Waals surface area contributed by atoms with E-state index in [9.17, 15) is 0 Å². The molecule has 18 heavy (non-hydrogen) atoms. The van der Waals surface area contributed by atoms with E-state index in [0.717, 1.165) is 29.3 Å². The van der Waals surface area contributed by atoms with E-state index in [1.807, 2.05) is 18.3 Å². The second-order valence-electron chi connectivity index (χ2n) is 5.23. The molecule has 1 aliphatic carbocycles. The van der Waals surface area contributed by atoms with E-state index in [4.69, 9.17) is 4.42 Å². The molecule has 0 radical (unpaired) electrons. The third-order valence-corrected chi connectivity index (χ3v) is 4.13. The van der Waals surface area contributed by atoms with Crippen LogP contribution in [0, 0.1) is 5.92 Å². The summed E-state index contributed by atoms with van der Waals surface area (Å²) < 4.78 is 5.93. The van der Waals surface area contributed by atoms with Gasteiger partial charge in [0.1, 0.15) is 11.3 Å². The molecule has 0 aromatic carbocycles. The largest absolute Gasteiger partial charge is 0.455 e. The second-order valence-corrected chi connectivity index (χ2v) is 5.23. The second kappa shape index (κ2) is 3.95. The Bertz CT molecular complexity index is 581. The molecule has 3 nitrogen and oxygen atoms in total. The summed E-state index contributed by atoms with van der Waals surface area (Å²) in [5.41, 5.74) is 3.16. The van der Waals surface area contributed by atoms with Gasteiger partial charge in [0, 0.05) is 23.9 Å². The van der Waals surface area contributed by atoms with E-state index < -0.39 is 0 Å². The summed E-state index contributed by atoms with van der Waals surface area (Å²) >= 11 is 0. The van der Waals surface area contributed by atoms with Gasteiger partial charge in [0.25, 0.3) is 0 Å². The maximum Gasteiger partial charge on any atom is 0.153 e. The van der Waals surface area contributed by atoms with Crippen LogP contribution in [0.1, 0.15) is 25.0 Å². The number of rotatable bonds is 1. The van der Waals surface area contributed by atoms with E-state index in [1.54, 1.807) is 0 Å². The van der Waals surface area contributed by atoms with E-state index in [1.165, 1.54) is 24.8 Å². The Morgan fingerprint density at radius 3 is 3.33 bits per heavy atom. The summed E-state index contributed by atoms with van der Waals surface area (Å²) in [4.78, 5) is 4.34. The molecule has 2 atom stereocenters. The van der Waals surface area contributed by atoms with Crippen molar-refractivity contribution >= 4 is 16.7 Å². The quantitative estimate of drug-likeness (QED) is 0.832. The van der Waals surface area contributed by atoms with Crippen LogP contribution in [0.2, 0.25) is 0 Å². The van der Waals surface area contributed by atoms with Crippen molar-refractivity contribution in [2.24, 2.45) is 5.92 Å². The zero-order chi connectivity index (χ0) is 11.9. The lowest BCUT2D eigenvalue weighted by molar-refractivity contribution is 0.343. The van der Waals surface area contributed by atoms with Gasteiger partial charge in [-0.25, -0.2) is 0 Å². The molecule has 2 unspecified atom stereocenters. The van der Waals surface area contributed by atoms with Crippen molar-refractivity contribution in [1.82, 2.24) is 10.3 Å². The normalized spacial score (nSPS) is 27.2. The SMILES string of the molecule is C1=C(c2cc3ncccc3o2)C2NCCCC2C1. The number of furan rings is 1. The summed E-state index contributed by atoms with van der Waals surface area (Å²) in [7, 11) is 0. The Kier molecular flexibility index (Phi) is 2.27. The number of nitrogens with one attached hydrogen (secondary N) is 1. The Morgan fingerprint density at radius 1 is 1.39 bits per heavy atom. The van der Waals surface area contributed by atoms with Crippen LogP contribution in [-0.2, 0) is 0 Å². The molecular weight excluding hydrogens is 224 g/mol. The van der Waals surface area contributed by atoms with E-state index >= 15 is 0 Å². The number of fused-ring (bicyclic) bond motifs is 2. The van der Waals surface area contributed by atoms with Crippen molar-refractivity contribution in [2.45, 2.75) is 25.3 Å². The average Bonchev–Trinajstić information content (AvgIpc) is 3.02. The number of piperidine rings is 1. The van der Waals surface area contributed by atoms with E-state index in [0.29, 0.717) is 6.04 Å². The fraction of sp³-hybridized carbons (Fsp3) is 0.400. The lowest BCUT2D eigenvalue weighted by Gasteiger charge is -2.28. The van der Waals surface area contributed by atoms with Crippen LogP contribution in [0.4, 0.5) is 0 Å². The van der Waals surface area contributed by atoms with E-state index in [2.05, 4.69) is 22.4 Å². The molecule has 0 bridgehead atoms. The van der Waals surface area contributed by atoms with Crippen LogP contribution in [0.15, 0.2) is 34.9 Å². The molecule has 0 spiro atoms. The van der Waals surface area contributed by atoms with Crippen LogP contribution >= 0.6 is 0 Å². The van der Waals surface area contributed by atoms with Crippen molar-refractivity contribution in [3.63, 3.8) is 0 Å². The molecule has 2 aromatic rings. The molecule has 1 saturated heterocycles. The van der Waals surface area contributed by atoms with Crippen LogP contribution < -0.4 is 5.32 Å². The van der Waals surface area contributed by atoms with Crippen LogP contribution in [0.25, 0.3) is 16.7 Å². The summed E-state index contributed by atoms with van der Waals surface area (Å²) in [6, 6.07) is 6.45. The molecular formula is C15H16N2O. The first kappa shape index (κ1) is 10.3. The summed E-state index contributed by atoms with van der Waals surface area (Å²) in [5, 5.41) is 3.63. The van der Waals surface area contributed by atoms with Crippen molar-refractivity contribution in [3.05, 3.63) is 36.2 Å². The standard InChI is InChI=1S/C15H16N2O/c1-3-10-5-6-11(15(10)17-8-1)14-9-12-13(18-14)4-2-7-16-12/h2,4,6-7,9-10,15,17H,1,3,5,8H2. The predicted molar refractivity (Wildman–Crippen MR) is 71.1 cm³/mol. The van der Waals surface area contributed by atoms with Gasteiger partial charge in [-0.3, -0.25) is 4.98 Å². The number of hydrogen-bond acceptors (Lipinski definition) is 3. The highest BCUT2D eigenvalue weighted by molar-refractivity contribution is 5.80. The molecule has 3 heteroatoms. The number of aromatic nitrogens is 1. The molecule has 3 heterocycles. The number of hydrogen-bond donors (Lipinski definition) is 1. The monoisotopic (exact) mass is 240 g/mol. The zero-order valence-electron chi connectivity index (χ0n) is 10.2. The maximum absolute atomic E-state index is 5.93. The van der Waals surface area contributed by atoms with Gasteiger partial charge in [-0.1, -0.05) is 6.08 Å². The average molecular weight is 240 g/mol. The molecule has 1 aliphatic heterocycles. The molecule has 0 amide bonds. The van der Waals surface area contributed by atoms with Crippen LogP contribution in [0.5, 0.6) is 0 Å². The molecule has 92 valence electrons. The van der Waals surface area contributed by atoms with Crippen molar-refractivity contribution in [2.75, 3.05) is 6.54 Å². The van der Waals surface area contributed by atoms with Gasteiger partial charge >= 0.3 is 0 Å². The Hall–Kier alpha value is -1.61. The first-order valence-corrected chi connectivity index (χ1v) is 6.70. The Morgan fingerprint density at radius 2 is 2.39 bits per heavy atom. The lowest BCUT2D eigenvalue weighted by atomic mass is 9.90. The van der Waals surface area contributed by atoms with Crippen LogP contribution in [0.3, 0.4) is 0 Å². The zero-order valence-corrected chi connectivity index (χ0v) is 10.2. The van der Waals surface area contributed by atoms with Crippen molar-refractivity contribution in [1.29, 1.82) is 0 Å². The summed E-state index contributed by atoms with van der Waals surface area (Å²) in [6.45, 7) is 1.12. The molecule has 1 N–H and O–H groups in total. The smallest absolute Gasteiger partial charge is 0.153 e. The van der Waals surface area contributed by atoms with Crippen LogP contribution in [-0.4, -0.2) is 17.6 Å². The summed E-state index contributed by atoms with van der Waals surface area (Å²) in [5.74, 6) is 1.75. The molecule has 1 fully saturated rings. The number of allylic oxidation sites excluding steroid dienone is 1. The third kappa shape index (κ3) is 1.51. The van der Waals surface area contributed by atoms with Gasteiger partial charge in [-0.2, -0.15) is 0 Å². The van der Waals surface area contributed by atoms with Gasteiger partial charge in [-0.15, -0.1) is 0 Å². The Balaban J connectivity index is 1.74. The number of nitrogens with zero attached hydrogens (tertiary/aromatic N) is 1. The van der Waals surface area contributed by atoms with Gasteiger partial charge in [0.2, 0.25) is 0 Å². The van der Waals surface area contributed by atoms with Crippen molar-refractivity contribution < 1.29 is 4.42 Å². The predicted octanol–water partition coefficient (Wildman–Crippen LogP) is 2.98. The fourth-order valence-electron chi connectivity index (χ4n) is 3.24. The fourth-order valence-corrected chi connectivity index (χ4v) is 3.24. The van der Waals surface area contributed by atoms with Crippen molar-refractivity contribution in [3.8, 4) is 0 Å².